The van der Waals surface area contributed by atoms with E-state index in [1.54, 1.807) is 24.3 Å². The molecular weight excluding hydrogens is 424 g/mol. The Morgan fingerprint density at radius 1 is 1.29 bits per heavy atom. The Morgan fingerprint density at radius 2 is 2.07 bits per heavy atom. The van der Waals surface area contributed by atoms with Crippen LogP contribution in [0.1, 0.15) is 23.0 Å². The zero-order valence-corrected chi connectivity index (χ0v) is 16.7. The SMILES string of the molecule is C#CCOc1cc(Br)c(/C=N/NC(=O)c2cc3ccccc3o2)cc1OCC. The number of hydrazone groups is 1. The fourth-order valence-electron chi connectivity index (χ4n) is 2.46. The Kier molecular flexibility index (Phi) is 6.35. The molecule has 1 amide bonds. The van der Waals surface area contributed by atoms with Crippen LogP contribution in [0.5, 0.6) is 11.5 Å². The highest BCUT2D eigenvalue weighted by Gasteiger charge is 2.12. The van der Waals surface area contributed by atoms with Crippen molar-refractivity contribution in [1.29, 1.82) is 0 Å². The second-order valence-electron chi connectivity index (χ2n) is 5.59. The largest absolute Gasteiger partial charge is 0.490 e. The van der Waals surface area contributed by atoms with Crippen LogP contribution in [-0.2, 0) is 0 Å². The first-order chi connectivity index (χ1) is 13.6. The monoisotopic (exact) mass is 440 g/mol. The minimum Gasteiger partial charge on any atom is -0.490 e. The number of halogens is 1. The number of amides is 1. The van der Waals surface area contributed by atoms with E-state index in [1.165, 1.54) is 6.21 Å². The van der Waals surface area contributed by atoms with Crippen LogP contribution in [-0.4, -0.2) is 25.3 Å². The number of fused-ring (bicyclic) bond motifs is 1. The van der Waals surface area contributed by atoms with Crippen LogP contribution in [0.15, 0.2) is 56.5 Å². The molecule has 0 atom stereocenters. The third-order valence-corrected chi connectivity index (χ3v) is 4.38. The van der Waals surface area contributed by atoms with Crippen molar-refractivity contribution in [3.8, 4) is 23.8 Å². The number of furan rings is 1. The van der Waals surface area contributed by atoms with Crippen LogP contribution < -0.4 is 14.9 Å². The normalized spacial score (nSPS) is 10.8. The van der Waals surface area contributed by atoms with E-state index in [1.807, 2.05) is 25.1 Å². The zero-order chi connectivity index (χ0) is 19.9. The van der Waals surface area contributed by atoms with Crippen LogP contribution in [0, 0.1) is 12.3 Å². The molecule has 0 aliphatic heterocycles. The summed E-state index contributed by atoms with van der Waals surface area (Å²) in [6.45, 7) is 2.47. The van der Waals surface area contributed by atoms with Crippen molar-refractivity contribution >= 4 is 39.0 Å². The van der Waals surface area contributed by atoms with Crippen LogP contribution in [0.2, 0.25) is 0 Å². The molecule has 2 aromatic carbocycles. The smallest absolute Gasteiger partial charge is 0.307 e. The van der Waals surface area contributed by atoms with Crippen molar-refractivity contribution < 1.29 is 18.7 Å². The lowest BCUT2D eigenvalue weighted by Crippen LogP contribution is -2.16. The molecule has 142 valence electrons. The van der Waals surface area contributed by atoms with Gasteiger partial charge in [-0.1, -0.05) is 24.1 Å². The molecule has 6 nitrogen and oxygen atoms in total. The van der Waals surface area contributed by atoms with Gasteiger partial charge < -0.3 is 13.9 Å². The van der Waals surface area contributed by atoms with Gasteiger partial charge in [-0.2, -0.15) is 5.10 Å². The summed E-state index contributed by atoms with van der Waals surface area (Å²) in [6.07, 6.45) is 6.74. The molecule has 3 rings (SSSR count). The number of carbonyl (C=O) groups excluding carboxylic acids is 1. The maximum absolute atomic E-state index is 12.2. The van der Waals surface area contributed by atoms with Gasteiger partial charge in [0.15, 0.2) is 17.3 Å². The van der Waals surface area contributed by atoms with Crippen molar-refractivity contribution in [3.05, 3.63) is 58.3 Å². The number of terminal acetylenes is 1. The fraction of sp³-hybridized carbons (Fsp3) is 0.143. The van der Waals surface area contributed by atoms with Crippen LogP contribution in [0.3, 0.4) is 0 Å². The summed E-state index contributed by atoms with van der Waals surface area (Å²) in [4.78, 5) is 12.2. The molecule has 1 N–H and O–H groups in total. The minimum absolute atomic E-state index is 0.132. The lowest BCUT2D eigenvalue weighted by atomic mass is 10.2. The molecule has 28 heavy (non-hydrogen) atoms. The van der Waals surface area contributed by atoms with Crippen LogP contribution >= 0.6 is 15.9 Å². The molecule has 1 heterocycles. The van der Waals surface area contributed by atoms with Gasteiger partial charge in [-0.15, -0.1) is 6.42 Å². The van der Waals surface area contributed by atoms with Gasteiger partial charge in [-0.05, 0) is 47.1 Å². The van der Waals surface area contributed by atoms with Gasteiger partial charge >= 0.3 is 5.91 Å². The Morgan fingerprint density at radius 3 is 2.82 bits per heavy atom. The third kappa shape index (κ3) is 4.53. The van der Waals surface area contributed by atoms with Crippen molar-refractivity contribution in [2.24, 2.45) is 5.10 Å². The summed E-state index contributed by atoms with van der Waals surface area (Å²) in [6, 6.07) is 12.5. The molecule has 0 saturated carbocycles. The van der Waals surface area contributed by atoms with Gasteiger partial charge in [0.1, 0.15) is 12.2 Å². The molecule has 0 spiro atoms. The van der Waals surface area contributed by atoms with Gasteiger partial charge in [0.05, 0.1) is 12.8 Å². The molecule has 0 bridgehead atoms. The molecule has 7 heteroatoms. The molecule has 0 radical (unpaired) electrons. The van der Waals surface area contributed by atoms with Crippen molar-refractivity contribution in [3.63, 3.8) is 0 Å². The van der Waals surface area contributed by atoms with E-state index in [9.17, 15) is 4.79 Å². The Labute approximate surface area is 170 Å². The van der Waals surface area contributed by atoms with Gasteiger partial charge in [-0.25, -0.2) is 5.43 Å². The standard InChI is InChI=1S/C21H17BrN2O4/c1-3-9-27-19-12-16(22)15(11-18(19)26-4-2)13-23-24-21(25)20-10-14-7-5-6-8-17(14)28-20/h1,5-8,10-13H,4,9H2,2H3,(H,24,25)/b23-13+. The van der Waals surface area contributed by atoms with E-state index in [-0.39, 0.29) is 12.4 Å². The fourth-order valence-corrected chi connectivity index (χ4v) is 2.88. The first-order valence-electron chi connectivity index (χ1n) is 8.47. The van der Waals surface area contributed by atoms with E-state index >= 15 is 0 Å². The van der Waals surface area contributed by atoms with E-state index in [0.717, 1.165) is 5.39 Å². The maximum atomic E-state index is 12.2. The van der Waals surface area contributed by atoms with Crippen LogP contribution in [0.4, 0.5) is 0 Å². The van der Waals surface area contributed by atoms with Gasteiger partial charge in [0.25, 0.3) is 0 Å². The average Bonchev–Trinajstić information content (AvgIpc) is 3.13. The van der Waals surface area contributed by atoms with E-state index in [4.69, 9.17) is 20.3 Å². The molecule has 1 aromatic heterocycles. The van der Waals surface area contributed by atoms with Crippen molar-refractivity contribution in [2.75, 3.05) is 13.2 Å². The van der Waals surface area contributed by atoms with Crippen molar-refractivity contribution in [1.82, 2.24) is 5.43 Å². The minimum atomic E-state index is -0.442. The quantitative estimate of drug-likeness (QED) is 0.336. The molecule has 0 aliphatic rings. The number of ether oxygens (including phenoxy) is 2. The first kappa shape index (κ1) is 19.5. The lowest BCUT2D eigenvalue weighted by Gasteiger charge is -2.12. The third-order valence-electron chi connectivity index (χ3n) is 3.69. The van der Waals surface area contributed by atoms with E-state index in [0.29, 0.717) is 33.7 Å². The van der Waals surface area contributed by atoms with Gasteiger partial charge in [0, 0.05) is 15.4 Å². The topological polar surface area (TPSA) is 73.1 Å². The molecular formula is C21H17BrN2O4. The number of nitrogens with one attached hydrogen (secondary N) is 1. The zero-order valence-electron chi connectivity index (χ0n) is 15.1. The predicted octanol–water partition coefficient (Wildman–Crippen LogP) is 4.37. The molecule has 0 aliphatic carbocycles. The highest BCUT2D eigenvalue weighted by molar-refractivity contribution is 9.10. The molecule has 0 saturated heterocycles. The molecule has 3 aromatic rings. The predicted molar refractivity (Wildman–Crippen MR) is 111 cm³/mol. The second kappa shape index (κ2) is 9.11. The maximum Gasteiger partial charge on any atom is 0.307 e. The summed E-state index contributed by atoms with van der Waals surface area (Å²) in [5.74, 6) is 3.22. The summed E-state index contributed by atoms with van der Waals surface area (Å²) in [5, 5.41) is 4.85. The summed E-state index contributed by atoms with van der Waals surface area (Å²) in [5.41, 5.74) is 3.79. The Hall–Kier alpha value is -3.24. The first-order valence-corrected chi connectivity index (χ1v) is 9.26. The lowest BCUT2D eigenvalue weighted by molar-refractivity contribution is 0.0929. The number of rotatable bonds is 7. The average molecular weight is 441 g/mol. The molecule has 0 unspecified atom stereocenters. The highest BCUT2D eigenvalue weighted by atomic mass is 79.9. The summed E-state index contributed by atoms with van der Waals surface area (Å²) >= 11 is 3.45. The summed E-state index contributed by atoms with van der Waals surface area (Å²) in [7, 11) is 0. The van der Waals surface area contributed by atoms with Crippen molar-refractivity contribution in [2.45, 2.75) is 6.92 Å². The van der Waals surface area contributed by atoms with Gasteiger partial charge in [0.2, 0.25) is 0 Å². The highest BCUT2D eigenvalue weighted by Crippen LogP contribution is 2.33. The number of carbonyl (C=O) groups is 1. The molecule has 0 fully saturated rings. The second-order valence-corrected chi connectivity index (χ2v) is 6.45. The number of para-hydroxylation sites is 1. The number of hydrogen-bond acceptors (Lipinski definition) is 5. The van der Waals surface area contributed by atoms with Gasteiger partial charge in [-0.3, -0.25) is 4.79 Å². The Balaban J connectivity index is 1.74. The van der Waals surface area contributed by atoms with Crippen LogP contribution in [0.25, 0.3) is 11.0 Å². The van der Waals surface area contributed by atoms with E-state index < -0.39 is 5.91 Å². The van der Waals surface area contributed by atoms with E-state index in [2.05, 4.69) is 32.4 Å². The Bertz CT molecular complexity index is 1030. The number of nitrogens with zero attached hydrogens (tertiary/aromatic N) is 1. The number of benzene rings is 2. The summed E-state index contributed by atoms with van der Waals surface area (Å²) < 4.78 is 17.3. The number of hydrogen-bond donors (Lipinski definition) is 1.